The monoisotopic (exact) mass is 880 g/mol. The second-order valence-corrected chi connectivity index (χ2v) is 18.0. The zero-order valence-electron chi connectivity index (χ0n) is 40.1. The third-order valence-corrected chi connectivity index (χ3v) is 12.9. The predicted octanol–water partition coefficient (Wildman–Crippen LogP) is 6.14. The van der Waals surface area contributed by atoms with Crippen LogP contribution in [0.2, 0.25) is 0 Å². The summed E-state index contributed by atoms with van der Waals surface area (Å²) < 4.78 is 17.6. The van der Waals surface area contributed by atoms with Gasteiger partial charge in [-0.3, -0.25) is 24.1 Å². The predicted molar refractivity (Wildman–Crippen MR) is 244 cm³/mol. The van der Waals surface area contributed by atoms with E-state index in [-0.39, 0.29) is 54.5 Å². The maximum absolute atomic E-state index is 14.5. The van der Waals surface area contributed by atoms with Gasteiger partial charge >= 0.3 is 6.09 Å². The molecule has 0 saturated carbocycles. The number of benzene rings is 2. The number of carbonyl (C=O) groups is 5. The molecule has 3 rings (SSSR count). The molecule has 0 aliphatic carbocycles. The van der Waals surface area contributed by atoms with Gasteiger partial charge in [0.15, 0.2) is 0 Å². The van der Waals surface area contributed by atoms with Gasteiger partial charge in [-0.25, -0.2) is 4.79 Å². The fraction of sp³-hybridized carbons (Fsp3) is 0.653. The second-order valence-electron chi connectivity index (χ2n) is 18.0. The lowest BCUT2D eigenvalue weighted by Crippen LogP contribution is -2.60. The van der Waals surface area contributed by atoms with E-state index in [9.17, 15) is 29.1 Å². The third kappa shape index (κ3) is 14.0. The first-order valence-electron chi connectivity index (χ1n) is 22.8. The number of amides is 5. The summed E-state index contributed by atoms with van der Waals surface area (Å²) in [6.07, 6.45) is 0.0597. The van der Waals surface area contributed by atoms with E-state index in [4.69, 9.17) is 14.2 Å². The zero-order valence-corrected chi connectivity index (χ0v) is 40.1. The molecule has 2 aromatic carbocycles. The highest BCUT2D eigenvalue weighted by Crippen LogP contribution is 2.30. The molecular weight excluding hydrogens is 803 g/mol. The van der Waals surface area contributed by atoms with Gasteiger partial charge in [0.25, 0.3) is 0 Å². The van der Waals surface area contributed by atoms with Gasteiger partial charge in [-0.2, -0.15) is 0 Å². The van der Waals surface area contributed by atoms with E-state index < -0.39 is 60.4 Å². The maximum Gasteiger partial charge on any atom is 0.410 e. The SMILES string of the molecule is CCc1ccc(COC(=O)N(C)[C@H](C(=O)N[C@H](C(=O)N(C)[C@@H]([C@@H](C)CC)[C@@H](CC(=O)N2CCC[C@H]2[C@H](OC)[C@@H](C)C(=O)N[C@H](C)[C@@H](O)c2ccccc2)OC)C(C)C)C(C)C)cc1. The van der Waals surface area contributed by atoms with E-state index in [0.29, 0.717) is 24.9 Å². The first-order valence-corrected chi connectivity index (χ1v) is 22.8. The average molecular weight is 880 g/mol. The van der Waals surface area contributed by atoms with E-state index >= 15 is 0 Å². The number of methoxy groups -OCH3 is 2. The Bertz CT molecular complexity index is 1760. The topological polar surface area (TPSA) is 167 Å². The van der Waals surface area contributed by atoms with Crippen LogP contribution in [0, 0.1) is 23.7 Å². The molecule has 0 spiro atoms. The van der Waals surface area contributed by atoms with Gasteiger partial charge in [0.2, 0.25) is 23.6 Å². The van der Waals surface area contributed by atoms with Gasteiger partial charge in [0, 0.05) is 34.9 Å². The first-order chi connectivity index (χ1) is 29.8. The minimum atomic E-state index is -0.945. The Kier molecular flexibility index (Phi) is 21.0. The van der Waals surface area contributed by atoms with E-state index in [1.54, 1.807) is 37.8 Å². The molecule has 1 aliphatic rings. The molecule has 1 fully saturated rings. The summed E-state index contributed by atoms with van der Waals surface area (Å²) in [4.78, 5) is 74.4. The largest absolute Gasteiger partial charge is 0.445 e. The molecule has 0 bridgehead atoms. The molecule has 1 saturated heterocycles. The highest BCUT2D eigenvalue weighted by atomic mass is 16.6. The molecule has 63 heavy (non-hydrogen) atoms. The van der Waals surface area contributed by atoms with Gasteiger partial charge in [0.05, 0.1) is 48.8 Å². The van der Waals surface area contributed by atoms with Crippen LogP contribution >= 0.6 is 0 Å². The number of nitrogens with zero attached hydrogens (tertiary/aromatic N) is 3. The number of aliphatic hydroxyl groups excluding tert-OH is 1. The van der Waals surface area contributed by atoms with Crippen LogP contribution in [-0.2, 0) is 46.4 Å². The van der Waals surface area contributed by atoms with Crippen molar-refractivity contribution in [1.82, 2.24) is 25.3 Å². The number of likely N-dealkylation sites (tertiary alicyclic amines) is 1. The van der Waals surface area contributed by atoms with E-state index in [1.165, 1.54) is 24.6 Å². The molecule has 10 atom stereocenters. The van der Waals surface area contributed by atoms with Gasteiger partial charge < -0.3 is 39.8 Å². The number of aryl methyl sites for hydroxylation is 1. The van der Waals surface area contributed by atoms with E-state index in [2.05, 4.69) is 17.6 Å². The smallest absolute Gasteiger partial charge is 0.410 e. The molecule has 1 heterocycles. The lowest BCUT2D eigenvalue weighted by molar-refractivity contribution is -0.148. The summed E-state index contributed by atoms with van der Waals surface area (Å²) in [5.41, 5.74) is 2.70. The van der Waals surface area contributed by atoms with Crippen LogP contribution in [0.3, 0.4) is 0 Å². The highest BCUT2D eigenvalue weighted by Gasteiger charge is 2.43. The summed E-state index contributed by atoms with van der Waals surface area (Å²) in [7, 11) is 6.29. The number of carbonyl (C=O) groups excluding carboxylic acids is 5. The van der Waals surface area contributed by atoms with Crippen molar-refractivity contribution < 1.29 is 43.3 Å². The molecule has 1 aliphatic heterocycles. The third-order valence-electron chi connectivity index (χ3n) is 12.9. The second kappa shape index (κ2) is 25.1. The standard InChI is InChI=1S/C49H77N5O9/c1-14-32(7)43(52(10)48(59)41(30(3)4)51-47(58)42(31(5)6)53(11)49(60)63-29-36-25-23-35(15-2)24-26-36)39(61-12)28-40(55)54-27-19-22-38(54)45(62-13)33(8)46(57)50-34(9)44(56)37-20-17-16-18-21-37/h16-18,20-21,23-26,30-34,38-39,41-45,56H,14-15,19,22,27-29H2,1-13H3,(H,50,57)(H,51,58)/t32-,33+,34+,38-,39+,41-,42-,43-,44+,45+/m0/s1. The van der Waals surface area contributed by atoms with Crippen molar-refractivity contribution in [1.29, 1.82) is 0 Å². The number of rotatable bonds is 23. The van der Waals surface area contributed by atoms with Crippen molar-refractivity contribution in [2.45, 2.75) is 150 Å². The van der Waals surface area contributed by atoms with Crippen LogP contribution < -0.4 is 10.6 Å². The molecule has 5 amide bonds. The molecule has 0 radical (unpaired) electrons. The number of hydrogen-bond donors (Lipinski definition) is 3. The average Bonchev–Trinajstić information content (AvgIpc) is 3.76. The van der Waals surface area contributed by atoms with Crippen LogP contribution in [0.15, 0.2) is 54.6 Å². The Balaban J connectivity index is 1.75. The normalized spacial score (nSPS) is 18.3. The fourth-order valence-electron chi connectivity index (χ4n) is 8.81. The molecular formula is C49H77N5O9. The van der Waals surface area contributed by atoms with Gasteiger partial charge in [-0.05, 0) is 60.6 Å². The Labute approximate surface area is 376 Å². The lowest BCUT2D eigenvalue weighted by Gasteiger charge is -2.41. The van der Waals surface area contributed by atoms with E-state index in [1.807, 2.05) is 96.1 Å². The molecule has 0 aromatic heterocycles. The van der Waals surface area contributed by atoms with Crippen molar-refractivity contribution in [2.24, 2.45) is 23.7 Å². The van der Waals surface area contributed by atoms with Crippen LogP contribution in [-0.4, -0.2) is 127 Å². The summed E-state index contributed by atoms with van der Waals surface area (Å²) in [5, 5.41) is 16.8. The number of hydrogen-bond acceptors (Lipinski definition) is 9. The van der Waals surface area contributed by atoms with Crippen molar-refractivity contribution in [3.63, 3.8) is 0 Å². The van der Waals surface area contributed by atoms with Gasteiger partial charge in [-0.1, -0.05) is 116 Å². The molecule has 14 heteroatoms. The van der Waals surface area contributed by atoms with Crippen molar-refractivity contribution >= 4 is 29.7 Å². The quantitative estimate of drug-likeness (QED) is 0.119. The van der Waals surface area contributed by atoms with Crippen molar-refractivity contribution in [2.75, 3.05) is 34.9 Å². The minimum Gasteiger partial charge on any atom is -0.445 e. The van der Waals surface area contributed by atoms with Gasteiger partial charge in [-0.15, -0.1) is 0 Å². The fourth-order valence-corrected chi connectivity index (χ4v) is 8.81. The summed E-state index contributed by atoms with van der Waals surface area (Å²) in [6.45, 7) is 17.5. The summed E-state index contributed by atoms with van der Waals surface area (Å²) >= 11 is 0. The van der Waals surface area contributed by atoms with Crippen LogP contribution in [0.25, 0.3) is 0 Å². The Morgan fingerprint density at radius 3 is 1.97 bits per heavy atom. The Morgan fingerprint density at radius 1 is 0.810 bits per heavy atom. The molecule has 352 valence electrons. The summed E-state index contributed by atoms with van der Waals surface area (Å²) in [6, 6.07) is 13.6. The highest BCUT2D eigenvalue weighted by molar-refractivity contribution is 5.91. The minimum absolute atomic E-state index is 0.0271. The maximum atomic E-state index is 14.5. The lowest BCUT2D eigenvalue weighted by atomic mass is 9.89. The molecule has 3 N–H and O–H groups in total. The summed E-state index contributed by atoms with van der Waals surface area (Å²) in [5.74, 6) is -2.64. The molecule has 0 unspecified atom stereocenters. The first kappa shape index (κ1) is 52.8. The number of aliphatic hydroxyl groups is 1. The van der Waals surface area contributed by atoms with Gasteiger partial charge in [0.1, 0.15) is 18.7 Å². The Hall–Kier alpha value is -4.53. The zero-order chi connectivity index (χ0) is 47.1. The van der Waals surface area contributed by atoms with Crippen LogP contribution in [0.4, 0.5) is 4.79 Å². The van der Waals surface area contributed by atoms with Crippen LogP contribution in [0.5, 0.6) is 0 Å². The number of likely N-dealkylation sites (N-methyl/N-ethyl adjacent to an activating group) is 2. The number of nitrogens with one attached hydrogen (secondary N) is 2. The van der Waals surface area contributed by atoms with Crippen molar-refractivity contribution in [3.8, 4) is 0 Å². The van der Waals surface area contributed by atoms with Crippen molar-refractivity contribution in [3.05, 3.63) is 71.3 Å². The molecule has 2 aromatic rings. The number of ether oxygens (including phenoxy) is 3. The Morgan fingerprint density at radius 2 is 1.43 bits per heavy atom. The van der Waals surface area contributed by atoms with E-state index in [0.717, 1.165) is 18.4 Å². The van der Waals surface area contributed by atoms with Crippen LogP contribution in [0.1, 0.15) is 111 Å². The molecule has 14 nitrogen and oxygen atoms in total.